The second kappa shape index (κ2) is 6.07. The van der Waals surface area contributed by atoms with Crippen LogP contribution in [0.25, 0.3) is 0 Å². The van der Waals surface area contributed by atoms with Crippen molar-refractivity contribution in [2.45, 2.75) is 31.8 Å². The van der Waals surface area contributed by atoms with Crippen molar-refractivity contribution in [2.24, 2.45) is 0 Å². The Morgan fingerprint density at radius 2 is 2.16 bits per heavy atom. The number of carbonyl (C=O) groups excluding carboxylic acids is 1. The minimum absolute atomic E-state index is 0.00454. The quantitative estimate of drug-likeness (QED) is 0.821. The fraction of sp³-hybridized carbons (Fsp3) is 0.462. The lowest BCUT2D eigenvalue weighted by molar-refractivity contribution is -0.120. The van der Waals surface area contributed by atoms with Gasteiger partial charge in [0, 0.05) is 22.7 Å². The SMILES string of the molecule is CC(NCC(=O)NC1CC1)c1c(Cl)ccc(F)c1Cl. The molecule has 1 atom stereocenters. The van der Waals surface area contributed by atoms with E-state index < -0.39 is 5.82 Å². The number of hydrogen-bond donors (Lipinski definition) is 2. The Morgan fingerprint density at radius 3 is 2.79 bits per heavy atom. The second-order valence-electron chi connectivity index (χ2n) is 4.70. The van der Waals surface area contributed by atoms with Crippen LogP contribution in [0.3, 0.4) is 0 Å². The van der Waals surface area contributed by atoms with Crippen molar-refractivity contribution in [3.05, 3.63) is 33.6 Å². The van der Waals surface area contributed by atoms with E-state index in [2.05, 4.69) is 10.6 Å². The van der Waals surface area contributed by atoms with Crippen LogP contribution in [0.5, 0.6) is 0 Å². The van der Waals surface area contributed by atoms with E-state index in [0.717, 1.165) is 12.8 Å². The van der Waals surface area contributed by atoms with Crippen LogP contribution in [0, 0.1) is 5.82 Å². The van der Waals surface area contributed by atoms with Crippen LogP contribution in [-0.4, -0.2) is 18.5 Å². The van der Waals surface area contributed by atoms with E-state index in [1.54, 1.807) is 6.92 Å². The summed E-state index contributed by atoms with van der Waals surface area (Å²) in [5, 5.41) is 6.23. The third-order valence-electron chi connectivity index (χ3n) is 3.02. The zero-order valence-electron chi connectivity index (χ0n) is 10.5. The molecule has 1 aliphatic carbocycles. The van der Waals surface area contributed by atoms with E-state index in [-0.39, 0.29) is 23.5 Å². The minimum atomic E-state index is -0.517. The second-order valence-corrected chi connectivity index (χ2v) is 5.49. The van der Waals surface area contributed by atoms with Gasteiger partial charge in [0.05, 0.1) is 11.6 Å². The Labute approximate surface area is 121 Å². The third kappa shape index (κ3) is 3.81. The largest absolute Gasteiger partial charge is 0.352 e. The number of hydrogen-bond acceptors (Lipinski definition) is 2. The molecule has 0 bridgehead atoms. The zero-order valence-corrected chi connectivity index (χ0v) is 12.0. The number of benzene rings is 1. The summed E-state index contributed by atoms with van der Waals surface area (Å²) < 4.78 is 13.4. The van der Waals surface area contributed by atoms with Gasteiger partial charge in [0.1, 0.15) is 5.82 Å². The maximum Gasteiger partial charge on any atom is 0.234 e. The van der Waals surface area contributed by atoms with Gasteiger partial charge in [0.15, 0.2) is 0 Å². The lowest BCUT2D eigenvalue weighted by atomic mass is 10.1. The highest BCUT2D eigenvalue weighted by molar-refractivity contribution is 6.36. The van der Waals surface area contributed by atoms with Gasteiger partial charge < -0.3 is 10.6 Å². The van der Waals surface area contributed by atoms with Crippen LogP contribution in [0.15, 0.2) is 12.1 Å². The Balaban J connectivity index is 1.97. The van der Waals surface area contributed by atoms with E-state index in [1.807, 2.05) is 0 Å². The molecule has 0 aromatic heterocycles. The maximum absolute atomic E-state index is 13.4. The van der Waals surface area contributed by atoms with E-state index in [1.165, 1.54) is 12.1 Å². The summed E-state index contributed by atoms with van der Waals surface area (Å²) in [6, 6.07) is 2.70. The average molecular weight is 305 g/mol. The van der Waals surface area contributed by atoms with Crippen LogP contribution in [0.1, 0.15) is 31.4 Å². The Kier molecular flexibility index (Phi) is 4.66. The minimum Gasteiger partial charge on any atom is -0.352 e. The first-order valence-electron chi connectivity index (χ1n) is 6.15. The van der Waals surface area contributed by atoms with Gasteiger partial charge >= 0.3 is 0 Å². The van der Waals surface area contributed by atoms with E-state index in [0.29, 0.717) is 16.6 Å². The van der Waals surface area contributed by atoms with Crippen molar-refractivity contribution in [2.75, 3.05) is 6.54 Å². The average Bonchev–Trinajstić information content (AvgIpc) is 3.16. The molecule has 1 unspecified atom stereocenters. The Hall–Kier alpha value is -0.840. The van der Waals surface area contributed by atoms with E-state index >= 15 is 0 Å². The van der Waals surface area contributed by atoms with Crippen molar-refractivity contribution in [3.63, 3.8) is 0 Å². The van der Waals surface area contributed by atoms with Crippen molar-refractivity contribution < 1.29 is 9.18 Å². The van der Waals surface area contributed by atoms with Crippen LogP contribution >= 0.6 is 23.2 Å². The highest BCUT2D eigenvalue weighted by Crippen LogP contribution is 2.32. The number of amides is 1. The standard InChI is InChI=1S/C13H15Cl2FN2O/c1-7(17-6-11(19)18-8-2-3-8)12-9(14)4-5-10(16)13(12)15/h4-5,7-8,17H,2-3,6H2,1H3,(H,18,19). The molecule has 1 saturated carbocycles. The summed E-state index contributed by atoms with van der Waals surface area (Å²) in [5.41, 5.74) is 0.475. The molecule has 19 heavy (non-hydrogen) atoms. The van der Waals surface area contributed by atoms with Crippen molar-refractivity contribution in [1.82, 2.24) is 10.6 Å². The molecule has 1 aliphatic rings. The van der Waals surface area contributed by atoms with Gasteiger partial charge in [0.25, 0.3) is 0 Å². The van der Waals surface area contributed by atoms with Gasteiger partial charge in [-0.3, -0.25) is 4.79 Å². The van der Waals surface area contributed by atoms with Crippen LogP contribution in [0.2, 0.25) is 10.0 Å². The molecule has 2 rings (SSSR count). The molecule has 2 N–H and O–H groups in total. The Morgan fingerprint density at radius 1 is 1.47 bits per heavy atom. The lowest BCUT2D eigenvalue weighted by Gasteiger charge is -2.17. The van der Waals surface area contributed by atoms with Gasteiger partial charge in [-0.15, -0.1) is 0 Å². The molecule has 0 radical (unpaired) electrons. The van der Waals surface area contributed by atoms with Gasteiger partial charge in [-0.1, -0.05) is 23.2 Å². The Bertz CT molecular complexity index is 492. The number of carbonyl (C=O) groups is 1. The zero-order chi connectivity index (χ0) is 14.0. The van der Waals surface area contributed by atoms with E-state index in [4.69, 9.17) is 23.2 Å². The molecular formula is C13H15Cl2FN2O. The summed E-state index contributed by atoms with van der Waals surface area (Å²) in [7, 11) is 0. The summed E-state index contributed by atoms with van der Waals surface area (Å²) in [6.45, 7) is 1.94. The number of halogens is 3. The van der Waals surface area contributed by atoms with Crippen LogP contribution in [0.4, 0.5) is 4.39 Å². The molecule has 0 heterocycles. The number of nitrogens with one attached hydrogen (secondary N) is 2. The highest BCUT2D eigenvalue weighted by Gasteiger charge is 2.23. The first-order valence-corrected chi connectivity index (χ1v) is 6.90. The van der Waals surface area contributed by atoms with Gasteiger partial charge in [-0.2, -0.15) is 0 Å². The van der Waals surface area contributed by atoms with Crippen molar-refractivity contribution in [1.29, 1.82) is 0 Å². The molecule has 104 valence electrons. The predicted octanol–water partition coefficient (Wildman–Crippen LogP) is 3.06. The topological polar surface area (TPSA) is 41.1 Å². The van der Waals surface area contributed by atoms with Crippen molar-refractivity contribution >= 4 is 29.1 Å². The monoisotopic (exact) mass is 304 g/mol. The summed E-state index contributed by atoms with van der Waals surface area (Å²) in [5.74, 6) is -0.588. The normalized spacial score (nSPS) is 16.2. The summed E-state index contributed by atoms with van der Waals surface area (Å²) in [6.07, 6.45) is 2.09. The van der Waals surface area contributed by atoms with E-state index in [9.17, 15) is 9.18 Å². The fourth-order valence-corrected chi connectivity index (χ4v) is 2.49. The van der Waals surface area contributed by atoms with Gasteiger partial charge in [-0.25, -0.2) is 4.39 Å². The van der Waals surface area contributed by atoms with Gasteiger partial charge in [0.2, 0.25) is 5.91 Å². The molecule has 1 fully saturated rings. The summed E-state index contributed by atoms with van der Waals surface area (Å²) in [4.78, 5) is 11.6. The fourth-order valence-electron chi connectivity index (χ4n) is 1.79. The van der Waals surface area contributed by atoms with Crippen LogP contribution < -0.4 is 10.6 Å². The maximum atomic E-state index is 13.4. The molecule has 1 amide bonds. The highest BCUT2D eigenvalue weighted by atomic mass is 35.5. The third-order valence-corrected chi connectivity index (χ3v) is 3.74. The summed E-state index contributed by atoms with van der Waals surface area (Å²) >= 11 is 11.9. The van der Waals surface area contributed by atoms with Gasteiger partial charge in [-0.05, 0) is 31.9 Å². The number of rotatable bonds is 5. The lowest BCUT2D eigenvalue weighted by Crippen LogP contribution is -2.36. The predicted molar refractivity (Wildman–Crippen MR) is 74.0 cm³/mol. The molecule has 0 spiro atoms. The van der Waals surface area contributed by atoms with Crippen molar-refractivity contribution in [3.8, 4) is 0 Å². The smallest absolute Gasteiger partial charge is 0.234 e. The molecule has 3 nitrogen and oxygen atoms in total. The molecule has 1 aromatic carbocycles. The first-order chi connectivity index (χ1) is 8.99. The first kappa shape index (κ1) is 14.6. The van der Waals surface area contributed by atoms with Crippen LogP contribution in [-0.2, 0) is 4.79 Å². The molecule has 1 aromatic rings. The molecular weight excluding hydrogens is 290 g/mol. The molecule has 0 aliphatic heterocycles. The molecule has 6 heteroatoms. The molecule has 0 saturated heterocycles.